The topological polar surface area (TPSA) is 63.1 Å². The minimum atomic E-state index is -0.877. The second-order valence-corrected chi connectivity index (χ2v) is 4.30. The predicted molar refractivity (Wildman–Crippen MR) is 68.3 cm³/mol. The van der Waals surface area contributed by atoms with Crippen molar-refractivity contribution in [2.24, 2.45) is 0 Å². The first-order valence-electron chi connectivity index (χ1n) is 5.66. The van der Waals surface area contributed by atoms with E-state index in [2.05, 4.69) is 16.0 Å². The van der Waals surface area contributed by atoms with E-state index in [1.165, 1.54) is 5.56 Å². The number of hydrogen-bond donors (Lipinski definition) is 1. The molecular formula is C14H14N2O2. The first-order chi connectivity index (χ1) is 8.56. The van der Waals surface area contributed by atoms with Crippen LogP contribution in [0.5, 0.6) is 0 Å². The van der Waals surface area contributed by atoms with Gasteiger partial charge in [0, 0.05) is 18.0 Å². The molecule has 0 radical (unpaired) electrons. The number of hydrogen-bond acceptors (Lipinski definition) is 3. The largest absolute Gasteiger partial charge is 0.481 e. The van der Waals surface area contributed by atoms with Crippen molar-refractivity contribution < 1.29 is 9.90 Å². The SMILES string of the molecule is Cc1ccc(-c2ncc(CC(=O)O)cn2)c(C)c1. The summed E-state index contributed by atoms with van der Waals surface area (Å²) in [6, 6.07) is 6.07. The van der Waals surface area contributed by atoms with Gasteiger partial charge < -0.3 is 5.11 Å². The highest BCUT2D eigenvalue weighted by atomic mass is 16.4. The van der Waals surface area contributed by atoms with E-state index in [1.54, 1.807) is 12.4 Å². The van der Waals surface area contributed by atoms with Crippen LogP contribution >= 0.6 is 0 Å². The Balaban J connectivity index is 2.31. The Morgan fingerprint density at radius 3 is 2.44 bits per heavy atom. The van der Waals surface area contributed by atoms with E-state index in [-0.39, 0.29) is 6.42 Å². The first-order valence-corrected chi connectivity index (χ1v) is 5.66. The molecule has 0 fully saturated rings. The summed E-state index contributed by atoms with van der Waals surface area (Å²) >= 11 is 0. The average molecular weight is 242 g/mol. The lowest BCUT2D eigenvalue weighted by atomic mass is 10.1. The second kappa shape index (κ2) is 4.96. The van der Waals surface area contributed by atoms with E-state index >= 15 is 0 Å². The molecule has 4 nitrogen and oxygen atoms in total. The Kier molecular flexibility index (Phi) is 3.37. The molecule has 0 bridgehead atoms. The van der Waals surface area contributed by atoms with Gasteiger partial charge in [-0.25, -0.2) is 9.97 Å². The standard InChI is InChI=1S/C14H14N2O2/c1-9-3-4-12(10(2)5-9)14-15-7-11(8-16-14)6-13(17)18/h3-5,7-8H,6H2,1-2H3,(H,17,18). The molecule has 92 valence electrons. The van der Waals surface area contributed by atoms with Crippen LogP contribution in [0.4, 0.5) is 0 Å². The zero-order valence-corrected chi connectivity index (χ0v) is 10.3. The number of rotatable bonds is 3. The Morgan fingerprint density at radius 1 is 1.22 bits per heavy atom. The van der Waals surface area contributed by atoms with E-state index in [9.17, 15) is 4.79 Å². The fourth-order valence-electron chi connectivity index (χ4n) is 1.82. The second-order valence-electron chi connectivity index (χ2n) is 4.30. The summed E-state index contributed by atoms with van der Waals surface area (Å²) in [5, 5.41) is 8.67. The molecule has 0 amide bonds. The van der Waals surface area contributed by atoms with Crippen LogP contribution in [0.3, 0.4) is 0 Å². The third-order valence-corrected chi connectivity index (χ3v) is 2.68. The van der Waals surface area contributed by atoms with Gasteiger partial charge in [0.1, 0.15) is 0 Å². The Morgan fingerprint density at radius 2 is 1.89 bits per heavy atom. The van der Waals surface area contributed by atoms with Crippen molar-refractivity contribution >= 4 is 5.97 Å². The normalized spacial score (nSPS) is 10.3. The number of benzene rings is 1. The van der Waals surface area contributed by atoms with E-state index in [0.29, 0.717) is 11.4 Å². The van der Waals surface area contributed by atoms with Gasteiger partial charge >= 0.3 is 5.97 Å². The summed E-state index contributed by atoms with van der Waals surface area (Å²) in [6.07, 6.45) is 3.08. The van der Waals surface area contributed by atoms with Gasteiger partial charge in [0.2, 0.25) is 0 Å². The molecule has 2 rings (SSSR count). The van der Waals surface area contributed by atoms with Crippen LogP contribution in [-0.2, 0) is 11.2 Å². The number of aliphatic carboxylic acids is 1. The van der Waals surface area contributed by atoms with Crippen LogP contribution < -0.4 is 0 Å². The van der Waals surface area contributed by atoms with Crippen LogP contribution in [0.25, 0.3) is 11.4 Å². The fourth-order valence-corrected chi connectivity index (χ4v) is 1.82. The van der Waals surface area contributed by atoms with Gasteiger partial charge in [-0.1, -0.05) is 23.8 Å². The van der Waals surface area contributed by atoms with Gasteiger partial charge in [0.05, 0.1) is 6.42 Å². The minimum Gasteiger partial charge on any atom is -0.481 e. The molecule has 0 aliphatic rings. The molecule has 4 heteroatoms. The summed E-state index contributed by atoms with van der Waals surface area (Å²) in [7, 11) is 0. The van der Waals surface area contributed by atoms with Crippen molar-refractivity contribution in [3.05, 3.63) is 47.3 Å². The zero-order chi connectivity index (χ0) is 13.1. The fraction of sp³-hybridized carbons (Fsp3) is 0.214. The molecular weight excluding hydrogens is 228 g/mol. The van der Waals surface area contributed by atoms with Crippen molar-refractivity contribution in [1.29, 1.82) is 0 Å². The maximum Gasteiger partial charge on any atom is 0.307 e. The predicted octanol–water partition coefficient (Wildman–Crippen LogP) is 2.39. The molecule has 0 aliphatic heterocycles. The summed E-state index contributed by atoms with van der Waals surface area (Å²) in [5.74, 6) is -0.250. The summed E-state index contributed by atoms with van der Waals surface area (Å²) in [6.45, 7) is 4.05. The van der Waals surface area contributed by atoms with E-state index in [0.717, 1.165) is 11.1 Å². The highest BCUT2D eigenvalue weighted by Crippen LogP contribution is 2.20. The number of carboxylic acids is 1. The third kappa shape index (κ3) is 2.71. The van der Waals surface area contributed by atoms with Crippen molar-refractivity contribution in [2.45, 2.75) is 20.3 Å². The number of aromatic nitrogens is 2. The Labute approximate surface area is 105 Å². The molecule has 0 saturated carbocycles. The van der Waals surface area contributed by atoms with Crippen LogP contribution in [0.2, 0.25) is 0 Å². The van der Waals surface area contributed by atoms with Crippen LogP contribution in [0.15, 0.2) is 30.6 Å². The molecule has 0 aliphatic carbocycles. The summed E-state index contributed by atoms with van der Waals surface area (Å²) in [5.41, 5.74) is 3.89. The number of nitrogens with zero attached hydrogens (tertiary/aromatic N) is 2. The lowest BCUT2D eigenvalue weighted by Gasteiger charge is -2.05. The molecule has 0 saturated heterocycles. The van der Waals surface area contributed by atoms with Gasteiger partial charge in [0.25, 0.3) is 0 Å². The van der Waals surface area contributed by atoms with Gasteiger partial charge in [-0.3, -0.25) is 4.79 Å². The van der Waals surface area contributed by atoms with Gasteiger partial charge in [-0.15, -0.1) is 0 Å². The Hall–Kier alpha value is -2.23. The summed E-state index contributed by atoms with van der Waals surface area (Å²) < 4.78 is 0. The molecule has 1 aromatic heterocycles. The maximum absolute atomic E-state index is 10.6. The van der Waals surface area contributed by atoms with E-state index < -0.39 is 5.97 Å². The van der Waals surface area contributed by atoms with E-state index in [1.807, 2.05) is 26.0 Å². The molecule has 1 N–H and O–H groups in total. The van der Waals surface area contributed by atoms with Crippen LogP contribution in [-0.4, -0.2) is 21.0 Å². The highest BCUT2D eigenvalue weighted by Gasteiger charge is 2.06. The molecule has 2 aromatic rings. The molecule has 0 atom stereocenters. The van der Waals surface area contributed by atoms with Crippen molar-refractivity contribution in [2.75, 3.05) is 0 Å². The zero-order valence-electron chi connectivity index (χ0n) is 10.3. The molecule has 1 heterocycles. The van der Waals surface area contributed by atoms with Gasteiger partial charge in [0.15, 0.2) is 5.82 Å². The number of carbonyl (C=O) groups is 1. The average Bonchev–Trinajstić information content (AvgIpc) is 2.30. The lowest BCUT2D eigenvalue weighted by molar-refractivity contribution is -0.136. The third-order valence-electron chi connectivity index (χ3n) is 2.68. The highest BCUT2D eigenvalue weighted by molar-refractivity contribution is 5.70. The maximum atomic E-state index is 10.6. The van der Waals surface area contributed by atoms with Crippen LogP contribution in [0.1, 0.15) is 16.7 Å². The monoisotopic (exact) mass is 242 g/mol. The summed E-state index contributed by atoms with van der Waals surface area (Å²) in [4.78, 5) is 19.0. The first kappa shape index (κ1) is 12.2. The number of carboxylic acid groups (broad SMARTS) is 1. The molecule has 18 heavy (non-hydrogen) atoms. The van der Waals surface area contributed by atoms with Crippen LogP contribution in [0, 0.1) is 13.8 Å². The molecule has 0 spiro atoms. The smallest absolute Gasteiger partial charge is 0.307 e. The van der Waals surface area contributed by atoms with Crippen molar-refractivity contribution in [3.8, 4) is 11.4 Å². The quantitative estimate of drug-likeness (QED) is 0.897. The molecule has 0 unspecified atom stereocenters. The van der Waals surface area contributed by atoms with Crippen molar-refractivity contribution in [3.63, 3.8) is 0 Å². The lowest BCUT2D eigenvalue weighted by Crippen LogP contribution is -2.02. The van der Waals surface area contributed by atoms with E-state index in [4.69, 9.17) is 5.11 Å². The van der Waals surface area contributed by atoms with Gasteiger partial charge in [-0.05, 0) is 25.0 Å². The van der Waals surface area contributed by atoms with Crippen molar-refractivity contribution in [1.82, 2.24) is 9.97 Å². The number of aryl methyl sites for hydroxylation is 2. The van der Waals surface area contributed by atoms with Gasteiger partial charge in [-0.2, -0.15) is 0 Å². The molecule has 1 aromatic carbocycles. The Bertz CT molecular complexity index is 577. The minimum absolute atomic E-state index is 0.0485.